The Bertz CT molecular complexity index is 620. The molecule has 2 N–H and O–H groups in total. The van der Waals surface area contributed by atoms with E-state index in [-0.39, 0.29) is 18.6 Å². The molecule has 0 fully saturated rings. The van der Waals surface area contributed by atoms with Crippen LogP contribution in [-0.2, 0) is 6.42 Å². The lowest BCUT2D eigenvalue weighted by atomic mass is 10.2. The van der Waals surface area contributed by atoms with Gasteiger partial charge in [0.2, 0.25) is 0 Å². The van der Waals surface area contributed by atoms with Gasteiger partial charge in [0.05, 0.1) is 0 Å². The van der Waals surface area contributed by atoms with E-state index in [4.69, 9.17) is 5.11 Å². The molecule has 0 aromatic carbocycles. The minimum atomic E-state index is -0.203. The van der Waals surface area contributed by atoms with Gasteiger partial charge in [-0.15, -0.1) is 22.7 Å². The van der Waals surface area contributed by atoms with Crippen molar-refractivity contribution in [2.75, 3.05) is 6.61 Å². The summed E-state index contributed by atoms with van der Waals surface area (Å²) in [5.41, 5.74) is 0.671. The molecule has 2 heterocycles. The largest absolute Gasteiger partial charge is 0.384 e. The summed E-state index contributed by atoms with van der Waals surface area (Å²) in [6, 6.07) is 5.95. The molecule has 0 spiro atoms. The first-order valence-corrected chi connectivity index (χ1v) is 7.97. The summed E-state index contributed by atoms with van der Waals surface area (Å²) in [7, 11) is 0. The third-order valence-corrected chi connectivity index (χ3v) is 4.45. The van der Waals surface area contributed by atoms with E-state index in [1.165, 1.54) is 16.2 Å². The molecule has 0 saturated heterocycles. The molecular formula is C15H15NO2S2. The van der Waals surface area contributed by atoms with Gasteiger partial charge in [0.25, 0.3) is 5.91 Å². The van der Waals surface area contributed by atoms with Crippen molar-refractivity contribution in [1.29, 1.82) is 0 Å². The third kappa shape index (κ3) is 3.94. The fraction of sp³-hybridized carbons (Fsp3) is 0.267. The zero-order chi connectivity index (χ0) is 14.4. The zero-order valence-electron chi connectivity index (χ0n) is 11.1. The van der Waals surface area contributed by atoms with Gasteiger partial charge in [0.15, 0.2) is 0 Å². The summed E-state index contributed by atoms with van der Waals surface area (Å²) >= 11 is 3.06. The minimum Gasteiger partial charge on any atom is -0.384 e. The highest BCUT2D eigenvalue weighted by Gasteiger charge is 2.15. The predicted octanol–water partition coefficient (Wildman–Crippen LogP) is 2.51. The average molecular weight is 305 g/mol. The van der Waals surface area contributed by atoms with E-state index in [9.17, 15) is 4.79 Å². The molecule has 0 aliphatic rings. The fourth-order valence-electron chi connectivity index (χ4n) is 1.79. The fourth-order valence-corrected chi connectivity index (χ4v) is 3.38. The van der Waals surface area contributed by atoms with E-state index < -0.39 is 0 Å². The van der Waals surface area contributed by atoms with E-state index >= 15 is 0 Å². The Balaban J connectivity index is 1.99. The predicted molar refractivity (Wildman–Crippen MR) is 83.2 cm³/mol. The lowest BCUT2D eigenvalue weighted by Gasteiger charge is -2.12. The number of hydrogen-bond donors (Lipinski definition) is 2. The van der Waals surface area contributed by atoms with Gasteiger partial charge in [-0.1, -0.05) is 17.9 Å². The average Bonchev–Trinajstić information content (AvgIpc) is 3.06. The van der Waals surface area contributed by atoms with Crippen molar-refractivity contribution in [3.05, 3.63) is 44.3 Å². The molecule has 1 amide bonds. The number of thiophene rings is 2. The molecule has 0 aliphatic heterocycles. The van der Waals surface area contributed by atoms with E-state index in [1.54, 1.807) is 17.4 Å². The number of carbonyl (C=O) groups excluding carboxylic acids is 1. The lowest BCUT2D eigenvalue weighted by Crippen LogP contribution is -2.33. The van der Waals surface area contributed by atoms with Gasteiger partial charge < -0.3 is 10.4 Å². The Kier molecular flexibility index (Phi) is 5.36. The van der Waals surface area contributed by atoms with Crippen LogP contribution in [0, 0.1) is 11.8 Å². The topological polar surface area (TPSA) is 49.3 Å². The van der Waals surface area contributed by atoms with Crippen LogP contribution in [0.2, 0.25) is 0 Å². The van der Waals surface area contributed by atoms with Gasteiger partial charge in [-0.2, -0.15) is 0 Å². The molecule has 0 aliphatic carbocycles. The van der Waals surface area contributed by atoms with Crippen molar-refractivity contribution in [3.63, 3.8) is 0 Å². The summed E-state index contributed by atoms with van der Waals surface area (Å²) in [6.45, 7) is 1.79. The Hall–Kier alpha value is -1.61. The van der Waals surface area contributed by atoms with Gasteiger partial charge in [-0.05, 0) is 29.8 Å². The number of amides is 1. The van der Waals surface area contributed by atoms with E-state index in [1.807, 2.05) is 23.8 Å². The highest BCUT2D eigenvalue weighted by molar-refractivity contribution is 7.12. The van der Waals surface area contributed by atoms with Gasteiger partial charge >= 0.3 is 0 Å². The molecule has 1 unspecified atom stereocenters. The summed E-state index contributed by atoms with van der Waals surface area (Å²) in [5, 5.41) is 15.6. The number of rotatable bonds is 4. The SMILES string of the molecule is CC(Cc1cccs1)NC(=O)c1sccc1C#CCO. The second kappa shape index (κ2) is 7.25. The standard InChI is InChI=1S/C15H15NO2S2/c1-11(10-13-5-3-8-19-13)16-15(18)14-12(4-2-7-17)6-9-20-14/h3,5-6,8-9,11,17H,7,10H2,1H3,(H,16,18). The first-order chi connectivity index (χ1) is 9.70. The van der Waals surface area contributed by atoms with Gasteiger partial charge in [-0.25, -0.2) is 0 Å². The Morgan fingerprint density at radius 1 is 1.40 bits per heavy atom. The Labute approximate surface area is 126 Å². The van der Waals surface area contributed by atoms with Crippen molar-refractivity contribution >= 4 is 28.6 Å². The molecule has 0 bridgehead atoms. The quantitative estimate of drug-likeness (QED) is 0.853. The zero-order valence-corrected chi connectivity index (χ0v) is 12.7. The van der Waals surface area contributed by atoms with Crippen LogP contribution >= 0.6 is 22.7 Å². The Morgan fingerprint density at radius 3 is 2.95 bits per heavy atom. The van der Waals surface area contributed by atoms with Crippen molar-refractivity contribution in [2.24, 2.45) is 0 Å². The van der Waals surface area contributed by atoms with Gasteiger partial charge in [0, 0.05) is 22.9 Å². The van der Waals surface area contributed by atoms with Crippen molar-refractivity contribution in [2.45, 2.75) is 19.4 Å². The number of hydrogen-bond acceptors (Lipinski definition) is 4. The Morgan fingerprint density at radius 2 is 2.25 bits per heavy atom. The van der Waals surface area contributed by atoms with E-state index in [0.29, 0.717) is 10.4 Å². The van der Waals surface area contributed by atoms with E-state index in [2.05, 4.69) is 23.2 Å². The van der Waals surface area contributed by atoms with Crippen molar-refractivity contribution in [1.82, 2.24) is 5.32 Å². The lowest BCUT2D eigenvalue weighted by molar-refractivity contribution is 0.0944. The smallest absolute Gasteiger partial charge is 0.262 e. The molecule has 1 atom stereocenters. The molecule has 0 radical (unpaired) electrons. The second-order valence-corrected chi connectivity index (χ2v) is 6.23. The van der Waals surface area contributed by atoms with Crippen LogP contribution < -0.4 is 5.32 Å². The summed E-state index contributed by atoms with van der Waals surface area (Å²) in [6.07, 6.45) is 0.826. The normalized spacial score (nSPS) is 11.5. The van der Waals surface area contributed by atoms with Crippen LogP contribution in [0.1, 0.15) is 27.0 Å². The van der Waals surface area contributed by atoms with Crippen LogP contribution in [0.5, 0.6) is 0 Å². The maximum atomic E-state index is 12.2. The van der Waals surface area contributed by atoms with E-state index in [0.717, 1.165) is 6.42 Å². The molecule has 5 heteroatoms. The third-order valence-electron chi connectivity index (χ3n) is 2.64. The monoisotopic (exact) mass is 305 g/mol. The van der Waals surface area contributed by atoms with Crippen LogP contribution in [0.3, 0.4) is 0 Å². The number of nitrogens with one attached hydrogen (secondary N) is 1. The molecule has 2 rings (SSSR count). The first-order valence-electron chi connectivity index (χ1n) is 6.21. The van der Waals surface area contributed by atoms with Crippen molar-refractivity contribution in [3.8, 4) is 11.8 Å². The summed E-state index contributed by atoms with van der Waals surface area (Å²) < 4.78 is 0. The van der Waals surface area contributed by atoms with Crippen LogP contribution in [0.4, 0.5) is 0 Å². The molecule has 0 saturated carbocycles. The number of aliphatic hydroxyl groups is 1. The molecule has 104 valence electrons. The molecule has 20 heavy (non-hydrogen) atoms. The first kappa shape index (κ1) is 14.8. The number of carbonyl (C=O) groups is 1. The highest BCUT2D eigenvalue weighted by atomic mass is 32.1. The molecular weight excluding hydrogens is 290 g/mol. The van der Waals surface area contributed by atoms with Crippen LogP contribution in [0.15, 0.2) is 29.0 Å². The molecule has 2 aromatic heterocycles. The van der Waals surface area contributed by atoms with Crippen LogP contribution in [0.25, 0.3) is 0 Å². The maximum Gasteiger partial charge on any atom is 0.262 e. The highest BCUT2D eigenvalue weighted by Crippen LogP contribution is 2.16. The summed E-state index contributed by atoms with van der Waals surface area (Å²) in [5.74, 6) is 5.26. The molecule has 2 aromatic rings. The van der Waals surface area contributed by atoms with Gasteiger partial charge in [0.1, 0.15) is 11.5 Å². The number of aliphatic hydroxyl groups excluding tert-OH is 1. The van der Waals surface area contributed by atoms with Crippen LogP contribution in [-0.4, -0.2) is 23.7 Å². The molecule has 3 nitrogen and oxygen atoms in total. The summed E-state index contributed by atoms with van der Waals surface area (Å²) in [4.78, 5) is 14.1. The minimum absolute atomic E-state index is 0.0712. The van der Waals surface area contributed by atoms with Gasteiger partial charge in [-0.3, -0.25) is 4.79 Å². The maximum absolute atomic E-state index is 12.2. The van der Waals surface area contributed by atoms with Crippen molar-refractivity contribution < 1.29 is 9.90 Å². The second-order valence-electron chi connectivity index (χ2n) is 4.28.